The van der Waals surface area contributed by atoms with Gasteiger partial charge in [-0.25, -0.2) is 8.42 Å². The maximum Gasteiger partial charge on any atom is 0.243 e. The first-order valence-electron chi connectivity index (χ1n) is 13.1. The predicted molar refractivity (Wildman–Crippen MR) is 154 cm³/mol. The van der Waals surface area contributed by atoms with Gasteiger partial charge in [-0.1, -0.05) is 54.2 Å². The normalized spacial score (nSPS) is 26.2. The minimum absolute atomic E-state index is 0.158. The fourth-order valence-electron chi connectivity index (χ4n) is 6.02. The summed E-state index contributed by atoms with van der Waals surface area (Å²) in [6.07, 6.45) is 0. The number of nitrogens with one attached hydrogen (secondary N) is 1. The van der Waals surface area contributed by atoms with Crippen molar-refractivity contribution in [3.8, 4) is 5.75 Å². The van der Waals surface area contributed by atoms with E-state index in [0.29, 0.717) is 31.2 Å². The molecule has 0 radical (unpaired) electrons. The lowest BCUT2D eigenvalue weighted by atomic mass is 9.70. The van der Waals surface area contributed by atoms with Crippen LogP contribution in [0, 0.1) is 0 Å². The third kappa shape index (κ3) is 3.62. The smallest absolute Gasteiger partial charge is 0.243 e. The van der Waals surface area contributed by atoms with Gasteiger partial charge >= 0.3 is 0 Å². The van der Waals surface area contributed by atoms with Crippen molar-refractivity contribution in [3.63, 3.8) is 0 Å². The van der Waals surface area contributed by atoms with Crippen LogP contribution < -0.4 is 10.3 Å². The molecule has 0 bridgehead atoms. The van der Waals surface area contributed by atoms with E-state index in [2.05, 4.69) is 66.9 Å². The SMILES string of the molecule is CC1(C)N2C(c3ccc(S(=O)(=O)N4CCOCC4)cc3)=CSC2=N[C@@H]2c3c(ccc4ccccc34)ON[C@]21C. The second kappa shape index (κ2) is 8.81. The number of thioether (sulfide) groups is 1. The van der Waals surface area contributed by atoms with Crippen molar-refractivity contribution in [1.82, 2.24) is 14.7 Å². The predicted octanol–water partition coefficient (Wildman–Crippen LogP) is 4.75. The number of hydroxylamine groups is 1. The van der Waals surface area contributed by atoms with Crippen LogP contribution in [0.5, 0.6) is 5.75 Å². The molecular formula is C29H30N4O4S2. The zero-order valence-corrected chi connectivity index (χ0v) is 23.7. The van der Waals surface area contributed by atoms with Gasteiger partial charge in [0.1, 0.15) is 11.6 Å². The van der Waals surface area contributed by atoms with E-state index in [1.165, 1.54) is 4.31 Å². The van der Waals surface area contributed by atoms with Gasteiger partial charge in [-0.05, 0) is 55.3 Å². The molecule has 10 heteroatoms. The van der Waals surface area contributed by atoms with Crippen LogP contribution >= 0.6 is 11.8 Å². The lowest BCUT2D eigenvalue weighted by molar-refractivity contribution is -0.0236. The van der Waals surface area contributed by atoms with Crippen molar-refractivity contribution in [2.24, 2.45) is 4.99 Å². The summed E-state index contributed by atoms with van der Waals surface area (Å²) in [6, 6.07) is 19.5. The standard InChI is InChI=1S/C29H30N4O4S2/c1-28(2)29(3)26(25-22-7-5-4-6-19(22)10-13-24(25)37-31-29)30-27-33(28)23(18-38-27)20-8-11-21(12-9-20)39(34,35)32-14-16-36-17-15-32/h4-13,18,26,31H,14-17H2,1-3H3/t26-,29-/m1/s1. The lowest BCUT2D eigenvalue weighted by Gasteiger charge is -2.57. The van der Waals surface area contributed by atoms with Crippen molar-refractivity contribution < 1.29 is 18.0 Å². The molecule has 0 aliphatic carbocycles. The largest absolute Gasteiger partial charge is 0.408 e. The highest BCUT2D eigenvalue weighted by Gasteiger charge is 2.60. The number of sulfonamides is 1. The van der Waals surface area contributed by atoms with E-state index < -0.39 is 21.1 Å². The molecule has 0 unspecified atom stereocenters. The van der Waals surface area contributed by atoms with Gasteiger partial charge in [0.25, 0.3) is 0 Å². The molecule has 4 aliphatic heterocycles. The molecule has 7 rings (SSSR count). The van der Waals surface area contributed by atoms with Gasteiger partial charge in [0.2, 0.25) is 10.0 Å². The van der Waals surface area contributed by atoms with Crippen molar-refractivity contribution in [3.05, 3.63) is 77.2 Å². The first-order chi connectivity index (χ1) is 18.7. The van der Waals surface area contributed by atoms with Crippen LogP contribution in [0.4, 0.5) is 0 Å². The highest BCUT2D eigenvalue weighted by molar-refractivity contribution is 8.16. The Morgan fingerprint density at radius 1 is 1.00 bits per heavy atom. The molecule has 202 valence electrons. The van der Waals surface area contributed by atoms with Gasteiger partial charge in [-0.3, -0.25) is 4.99 Å². The van der Waals surface area contributed by atoms with Crippen molar-refractivity contribution in [2.75, 3.05) is 26.3 Å². The summed E-state index contributed by atoms with van der Waals surface area (Å²) in [5.74, 6) is 0.804. The number of hydrogen-bond donors (Lipinski definition) is 1. The van der Waals surface area contributed by atoms with Crippen LogP contribution in [0.2, 0.25) is 0 Å². The van der Waals surface area contributed by atoms with Gasteiger partial charge in [-0.15, -0.1) is 5.48 Å². The highest BCUT2D eigenvalue weighted by Crippen LogP contribution is 2.55. The number of hydrogen-bond acceptors (Lipinski definition) is 8. The van der Waals surface area contributed by atoms with E-state index in [-0.39, 0.29) is 6.04 Å². The Morgan fingerprint density at radius 3 is 2.51 bits per heavy atom. The van der Waals surface area contributed by atoms with Gasteiger partial charge in [0.15, 0.2) is 10.9 Å². The lowest BCUT2D eigenvalue weighted by Crippen LogP contribution is -2.72. The number of ether oxygens (including phenoxy) is 1. The molecule has 39 heavy (non-hydrogen) atoms. The number of fused-ring (bicyclic) bond motifs is 6. The monoisotopic (exact) mass is 562 g/mol. The zero-order valence-electron chi connectivity index (χ0n) is 22.0. The summed E-state index contributed by atoms with van der Waals surface area (Å²) >= 11 is 1.60. The van der Waals surface area contributed by atoms with Gasteiger partial charge in [0, 0.05) is 24.1 Å². The Balaban J connectivity index is 1.26. The molecule has 0 saturated carbocycles. The van der Waals surface area contributed by atoms with E-state index in [4.69, 9.17) is 14.6 Å². The fraction of sp³-hybridized carbons (Fsp3) is 0.345. The molecule has 0 spiro atoms. The first-order valence-corrected chi connectivity index (χ1v) is 15.4. The number of aliphatic imine (C=N–C) groups is 1. The average molecular weight is 563 g/mol. The minimum Gasteiger partial charge on any atom is -0.408 e. The van der Waals surface area contributed by atoms with Crippen molar-refractivity contribution >= 4 is 43.4 Å². The van der Waals surface area contributed by atoms with Gasteiger partial charge < -0.3 is 14.5 Å². The molecular weight excluding hydrogens is 532 g/mol. The third-order valence-electron chi connectivity index (χ3n) is 8.66. The maximum absolute atomic E-state index is 13.1. The van der Waals surface area contributed by atoms with Crippen LogP contribution in [0.1, 0.15) is 37.9 Å². The second-order valence-electron chi connectivity index (χ2n) is 11.0. The molecule has 8 nitrogen and oxygen atoms in total. The molecule has 1 saturated heterocycles. The van der Waals surface area contributed by atoms with Crippen molar-refractivity contribution in [2.45, 2.75) is 42.8 Å². The Labute approximate surface area is 232 Å². The number of rotatable bonds is 3. The van der Waals surface area contributed by atoms with Crippen LogP contribution in [0.3, 0.4) is 0 Å². The highest BCUT2D eigenvalue weighted by atomic mass is 32.2. The number of nitrogens with zero attached hydrogens (tertiary/aromatic N) is 3. The summed E-state index contributed by atoms with van der Waals surface area (Å²) < 4.78 is 33.1. The second-order valence-corrected chi connectivity index (χ2v) is 13.7. The van der Waals surface area contributed by atoms with E-state index in [1.54, 1.807) is 23.9 Å². The topological polar surface area (TPSA) is 83.5 Å². The van der Waals surface area contributed by atoms with Crippen LogP contribution in [0.25, 0.3) is 16.5 Å². The molecule has 2 atom stereocenters. The quantitative estimate of drug-likeness (QED) is 0.493. The first kappa shape index (κ1) is 25.1. The summed E-state index contributed by atoms with van der Waals surface area (Å²) in [6.45, 7) is 8.18. The average Bonchev–Trinajstić information content (AvgIpc) is 3.39. The fourth-order valence-corrected chi connectivity index (χ4v) is 8.49. The molecule has 0 aromatic heterocycles. The molecule has 4 heterocycles. The van der Waals surface area contributed by atoms with Gasteiger partial charge in [-0.2, -0.15) is 4.31 Å². The van der Waals surface area contributed by atoms with Crippen LogP contribution in [-0.4, -0.2) is 60.2 Å². The molecule has 1 fully saturated rings. The Morgan fingerprint density at radius 2 is 1.74 bits per heavy atom. The Kier molecular flexibility index (Phi) is 5.67. The Bertz CT molecular complexity index is 1650. The zero-order chi connectivity index (χ0) is 27.0. The van der Waals surface area contributed by atoms with Crippen LogP contribution in [-0.2, 0) is 14.8 Å². The summed E-state index contributed by atoms with van der Waals surface area (Å²) in [4.78, 5) is 14.1. The molecule has 3 aromatic carbocycles. The number of benzene rings is 3. The molecule has 1 N–H and O–H groups in total. The maximum atomic E-state index is 13.1. The third-order valence-corrected chi connectivity index (χ3v) is 11.4. The molecule has 3 aromatic rings. The van der Waals surface area contributed by atoms with E-state index in [0.717, 1.165) is 38.5 Å². The number of amidine groups is 1. The number of morpholine rings is 1. The van der Waals surface area contributed by atoms with E-state index in [1.807, 2.05) is 18.2 Å². The molecule has 0 amide bonds. The van der Waals surface area contributed by atoms with Crippen LogP contribution in [0.15, 0.2) is 76.0 Å². The van der Waals surface area contributed by atoms with E-state index >= 15 is 0 Å². The van der Waals surface area contributed by atoms with Gasteiger partial charge in [0.05, 0.1) is 29.3 Å². The molecule has 4 aliphatic rings. The van der Waals surface area contributed by atoms with Crippen molar-refractivity contribution in [1.29, 1.82) is 0 Å². The Hall–Kier alpha value is -2.89. The summed E-state index contributed by atoms with van der Waals surface area (Å²) in [5, 5.41) is 5.34. The minimum atomic E-state index is -3.56. The van der Waals surface area contributed by atoms with E-state index in [9.17, 15) is 8.42 Å². The summed E-state index contributed by atoms with van der Waals surface area (Å²) in [5.41, 5.74) is 5.40. The summed E-state index contributed by atoms with van der Waals surface area (Å²) in [7, 11) is -3.56.